The Morgan fingerprint density at radius 3 is 2.94 bits per heavy atom. The first-order chi connectivity index (χ1) is 7.72. The fraction of sp³-hybridized carbons (Fsp3) is 0.400. The normalized spacial score (nSPS) is 12.1. The summed E-state index contributed by atoms with van der Waals surface area (Å²) in [6.45, 7) is -0.00635. The molecule has 88 valence electrons. The van der Waals surface area contributed by atoms with E-state index in [-0.39, 0.29) is 18.3 Å². The molecule has 16 heavy (non-hydrogen) atoms. The number of pyridine rings is 1. The molecule has 6 heteroatoms. The van der Waals surface area contributed by atoms with Gasteiger partial charge in [-0.3, -0.25) is 9.00 Å². The van der Waals surface area contributed by atoms with Crippen LogP contribution in [0, 0.1) is 0 Å². The quantitative estimate of drug-likeness (QED) is 0.744. The lowest BCUT2D eigenvalue weighted by molar-refractivity contribution is -0.113. The van der Waals surface area contributed by atoms with Crippen LogP contribution in [0.4, 0.5) is 5.82 Å². The van der Waals surface area contributed by atoms with Crippen LogP contribution in [0.15, 0.2) is 24.4 Å². The molecule has 0 radical (unpaired) electrons. The number of hydrogen-bond acceptors (Lipinski definition) is 4. The number of hydrogen-bond donors (Lipinski definition) is 2. The van der Waals surface area contributed by atoms with E-state index in [0.717, 1.165) is 0 Å². The summed E-state index contributed by atoms with van der Waals surface area (Å²) in [7, 11) is -1.22. The maximum absolute atomic E-state index is 11.4. The average Bonchev–Trinajstić information content (AvgIpc) is 2.27. The number of amides is 1. The van der Waals surface area contributed by atoms with Gasteiger partial charge in [0.1, 0.15) is 11.6 Å². The van der Waals surface area contributed by atoms with Gasteiger partial charge < -0.3 is 10.4 Å². The van der Waals surface area contributed by atoms with Crippen molar-refractivity contribution in [2.45, 2.75) is 6.42 Å². The maximum atomic E-state index is 11.4. The minimum Gasteiger partial charge on any atom is -0.396 e. The van der Waals surface area contributed by atoms with E-state index in [1.165, 1.54) is 0 Å². The van der Waals surface area contributed by atoms with Gasteiger partial charge in [0.2, 0.25) is 5.91 Å². The molecule has 1 amide bonds. The van der Waals surface area contributed by atoms with Gasteiger partial charge in [-0.2, -0.15) is 0 Å². The molecule has 0 spiro atoms. The predicted octanol–water partition coefficient (Wildman–Crippen LogP) is 0.151. The van der Waals surface area contributed by atoms with Crippen molar-refractivity contribution in [3.63, 3.8) is 0 Å². The van der Waals surface area contributed by atoms with Gasteiger partial charge in [0.15, 0.2) is 0 Å². The van der Waals surface area contributed by atoms with Gasteiger partial charge in [0.05, 0.1) is 0 Å². The van der Waals surface area contributed by atoms with Gasteiger partial charge in [0, 0.05) is 29.4 Å². The standard InChI is InChI=1S/C10H14N2O3S/c13-6-3-7-16(15)8-10(14)12-9-4-1-2-5-11-9/h1-2,4-5,13H,3,6-8H2,(H,11,12,14). The first kappa shape index (κ1) is 12.8. The molecule has 0 fully saturated rings. The van der Waals surface area contributed by atoms with E-state index in [9.17, 15) is 9.00 Å². The largest absolute Gasteiger partial charge is 0.396 e. The van der Waals surface area contributed by atoms with Gasteiger partial charge in [0.25, 0.3) is 0 Å². The monoisotopic (exact) mass is 242 g/mol. The summed E-state index contributed by atoms with van der Waals surface area (Å²) >= 11 is 0. The fourth-order valence-corrected chi connectivity index (χ4v) is 2.02. The zero-order chi connectivity index (χ0) is 11.8. The predicted molar refractivity (Wildman–Crippen MR) is 62.4 cm³/mol. The Morgan fingerprint density at radius 2 is 2.31 bits per heavy atom. The van der Waals surface area contributed by atoms with Crippen LogP contribution in [0.25, 0.3) is 0 Å². The first-order valence-electron chi connectivity index (χ1n) is 4.89. The summed E-state index contributed by atoms with van der Waals surface area (Å²) in [6.07, 6.45) is 2.02. The second-order valence-corrected chi connectivity index (χ2v) is 4.71. The van der Waals surface area contributed by atoms with Crippen molar-refractivity contribution in [3.8, 4) is 0 Å². The highest BCUT2D eigenvalue weighted by atomic mass is 32.2. The topological polar surface area (TPSA) is 79.3 Å². The van der Waals surface area contributed by atoms with E-state index in [1.807, 2.05) is 0 Å². The summed E-state index contributed by atoms with van der Waals surface area (Å²) < 4.78 is 11.3. The van der Waals surface area contributed by atoms with Crippen LogP contribution in [-0.2, 0) is 15.6 Å². The molecular formula is C10H14N2O3S. The number of rotatable bonds is 6. The number of aliphatic hydroxyl groups excluding tert-OH is 1. The van der Waals surface area contributed by atoms with Crippen molar-refractivity contribution >= 4 is 22.5 Å². The van der Waals surface area contributed by atoms with Crippen LogP contribution in [0.1, 0.15) is 6.42 Å². The third kappa shape index (κ3) is 4.99. The van der Waals surface area contributed by atoms with Crippen molar-refractivity contribution in [1.29, 1.82) is 0 Å². The Labute approximate surface area is 96.4 Å². The summed E-state index contributed by atoms with van der Waals surface area (Å²) in [5, 5.41) is 11.1. The maximum Gasteiger partial charge on any atom is 0.238 e. The minimum atomic E-state index is -1.22. The zero-order valence-corrected chi connectivity index (χ0v) is 9.57. The van der Waals surface area contributed by atoms with Gasteiger partial charge in [-0.15, -0.1) is 0 Å². The summed E-state index contributed by atoms with van der Waals surface area (Å²) in [5.41, 5.74) is 0. The van der Waals surface area contributed by atoms with E-state index < -0.39 is 10.8 Å². The highest BCUT2D eigenvalue weighted by molar-refractivity contribution is 7.85. The molecule has 1 unspecified atom stereocenters. The lowest BCUT2D eigenvalue weighted by Gasteiger charge is -2.03. The van der Waals surface area contributed by atoms with Crippen molar-refractivity contribution in [1.82, 2.24) is 4.98 Å². The van der Waals surface area contributed by atoms with Crippen LogP contribution < -0.4 is 5.32 Å². The third-order valence-corrected chi connectivity index (χ3v) is 3.08. The fourth-order valence-electron chi connectivity index (χ4n) is 1.06. The molecule has 1 rings (SSSR count). The molecule has 0 aliphatic carbocycles. The first-order valence-corrected chi connectivity index (χ1v) is 6.38. The Kier molecular flexibility index (Phi) is 5.66. The van der Waals surface area contributed by atoms with Crippen LogP contribution in [0.5, 0.6) is 0 Å². The molecule has 1 aromatic heterocycles. The van der Waals surface area contributed by atoms with E-state index in [2.05, 4.69) is 10.3 Å². The Morgan fingerprint density at radius 1 is 1.50 bits per heavy atom. The van der Waals surface area contributed by atoms with Crippen molar-refractivity contribution in [3.05, 3.63) is 24.4 Å². The molecule has 0 saturated carbocycles. The number of anilines is 1. The molecule has 0 saturated heterocycles. The van der Waals surface area contributed by atoms with Gasteiger partial charge in [-0.1, -0.05) is 6.07 Å². The number of aromatic nitrogens is 1. The Balaban J connectivity index is 2.34. The molecule has 5 nitrogen and oxygen atoms in total. The van der Waals surface area contributed by atoms with E-state index in [0.29, 0.717) is 18.0 Å². The third-order valence-electron chi connectivity index (χ3n) is 1.75. The van der Waals surface area contributed by atoms with Crippen molar-refractivity contribution in [2.24, 2.45) is 0 Å². The van der Waals surface area contributed by atoms with Crippen LogP contribution in [0.2, 0.25) is 0 Å². The molecule has 1 atom stereocenters. The highest BCUT2D eigenvalue weighted by Gasteiger charge is 2.08. The van der Waals surface area contributed by atoms with Crippen LogP contribution in [0.3, 0.4) is 0 Å². The number of nitrogens with zero attached hydrogens (tertiary/aromatic N) is 1. The SMILES string of the molecule is O=C(CS(=O)CCCO)Nc1ccccn1. The summed E-state index contributed by atoms with van der Waals surface area (Å²) in [6, 6.07) is 5.16. The molecule has 0 aliphatic rings. The summed E-state index contributed by atoms with van der Waals surface area (Å²) in [4.78, 5) is 15.3. The Hall–Kier alpha value is -1.27. The molecule has 2 N–H and O–H groups in total. The highest BCUT2D eigenvalue weighted by Crippen LogP contribution is 1.99. The Bertz CT molecular complexity index is 356. The zero-order valence-electron chi connectivity index (χ0n) is 8.76. The molecule has 1 aromatic rings. The molecule has 0 aromatic carbocycles. The van der Waals surface area contributed by atoms with Crippen LogP contribution in [-0.4, -0.2) is 38.3 Å². The smallest absolute Gasteiger partial charge is 0.238 e. The van der Waals surface area contributed by atoms with E-state index in [4.69, 9.17) is 5.11 Å². The van der Waals surface area contributed by atoms with Gasteiger partial charge >= 0.3 is 0 Å². The van der Waals surface area contributed by atoms with Crippen molar-refractivity contribution in [2.75, 3.05) is 23.4 Å². The number of carbonyl (C=O) groups excluding carboxylic acids is 1. The number of nitrogens with one attached hydrogen (secondary N) is 1. The summed E-state index contributed by atoms with van der Waals surface area (Å²) in [5.74, 6) is 0.407. The molecular weight excluding hydrogens is 228 g/mol. The van der Waals surface area contributed by atoms with E-state index in [1.54, 1.807) is 24.4 Å². The minimum absolute atomic E-state index is 0.00635. The van der Waals surface area contributed by atoms with Crippen molar-refractivity contribution < 1.29 is 14.1 Å². The van der Waals surface area contributed by atoms with E-state index >= 15 is 0 Å². The lowest BCUT2D eigenvalue weighted by Crippen LogP contribution is -2.21. The van der Waals surface area contributed by atoms with Gasteiger partial charge in [-0.25, -0.2) is 4.98 Å². The molecule has 0 bridgehead atoms. The van der Waals surface area contributed by atoms with Crippen LogP contribution >= 0.6 is 0 Å². The van der Waals surface area contributed by atoms with Gasteiger partial charge in [-0.05, 0) is 18.6 Å². The number of aliphatic hydroxyl groups is 1. The second kappa shape index (κ2) is 7.08. The number of carbonyl (C=O) groups is 1. The average molecular weight is 242 g/mol. The second-order valence-electron chi connectivity index (χ2n) is 3.13. The molecule has 1 heterocycles. The molecule has 0 aliphatic heterocycles. The lowest BCUT2D eigenvalue weighted by atomic mass is 10.4.